The van der Waals surface area contributed by atoms with E-state index in [1.807, 2.05) is 0 Å². The molecule has 58 valence electrons. The Balaban J connectivity index is 2.14. The van der Waals surface area contributed by atoms with Gasteiger partial charge in [0.25, 0.3) is 0 Å². The van der Waals surface area contributed by atoms with E-state index < -0.39 is 0 Å². The third-order valence-corrected chi connectivity index (χ3v) is 2.79. The molecule has 3 atom stereocenters. The fourth-order valence-corrected chi connectivity index (χ4v) is 2.21. The number of carbonyl (C=O) groups is 1. The number of Topliss-reactive ketones (excluding diaryl/α,β-unsaturated/α-hetero) is 1. The molecular formula is C9H11NO. The normalized spacial score (nSPS) is 39.5. The number of fused-ring (bicyclic) bond motifs is 2. The van der Waals surface area contributed by atoms with Gasteiger partial charge in [-0.1, -0.05) is 12.2 Å². The molecule has 2 bridgehead atoms. The van der Waals surface area contributed by atoms with Crippen LogP contribution in [-0.2, 0) is 4.79 Å². The highest BCUT2D eigenvalue weighted by Gasteiger charge is 2.38. The maximum Gasteiger partial charge on any atom is 0.176 e. The predicted octanol–water partition coefficient (Wildman–Crippen LogP) is 1.42. The van der Waals surface area contributed by atoms with Gasteiger partial charge in [-0.3, -0.25) is 4.79 Å². The van der Waals surface area contributed by atoms with Crippen LogP contribution in [0.15, 0.2) is 12.2 Å². The fraction of sp³-hybridized carbons (Fsp3) is 0.556. The van der Waals surface area contributed by atoms with Crippen LogP contribution in [0.5, 0.6) is 0 Å². The third-order valence-electron chi connectivity index (χ3n) is 2.79. The standard InChI is InChI=1S/C9H11NO/c10-5-9(11)8-4-6-1-2-7(8)3-6/h1-2,5-8,10H,3-4H2. The predicted molar refractivity (Wildman–Crippen MR) is 42.6 cm³/mol. The molecule has 0 spiro atoms. The molecule has 3 unspecified atom stereocenters. The van der Waals surface area contributed by atoms with Gasteiger partial charge in [-0.15, -0.1) is 0 Å². The fourth-order valence-electron chi connectivity index (χ4n) is 2.21. The molecule has 1 N–H and O–H groups in total. The molecule has 0 amide bonds. The van der Waals surface area contributed by atoms with Crippen molar-refractivity contribution in [3.05, 3.63) is 12.2 Å². The van der Waals surface area contributed by atoms with E-state index in [0.717, 1.165) is 19.1 Å². The number of allylic oxidation sites excluding steroid dienone is 2. The summed E-state index contributed by atoms with van der Waals surface area (Å²) in [4.78, 5) is 11.1. The first-order valence-corrected chi connectivity index (χ1v) is 4.04. The van der Waals surface area contributed by atoms with Crippen molar-refractivity contribution in [2.45, 2.75) is 12.8 Å². The van der Waals surface area contributed by atoms with Crippen molar-refractivity contribution in [1.29, 1.82) is 5.41 Å². The van der Waals surface area contributed by atoms with E-state index in [9.17, 15) is 4.79 Å². The van der Waals surface area contributed by atoms with Crippen LogP contribution in [0.4, 0.5) is 0 Å². The summed E-state index contributed by atoms with van der Waals surface area (Å²) >= 11 is 0. The van der Waals surface area contributed by atoms with Crippen molar-refractivity contribution in [2.75, 3.05) is 0 Å². The Labute approximate surface area is 65.8 Å². The summed E-state index contributed by atoms with van der Waals surface area (Å²) in [5, 5.41) is 6.85. The zero-order valence-corrected chi connectivity index (χ0v) is 6.29. The number of ketones is 1. The maximum absolute atomic E-state index is 11.1. The second-order valence-electron chi connectivity index (χ2n) is 3.43. The van der Waals surface area contributed by atoms with Crippen LogP contribution in [0, 0.1) is 23.2 Å². The summed E-state index contributed by atoms with van der Waals surface area (Å²) in [7, 11) is 0. The molecule has 11 heavy (non-hydrogen) atoms. The first-order valence-electron chi connectivity index (χ1n) is 4.04. The van der Waals surface area contributed by atoms with Crippen molar-refractivity contribution in [1.82, 2.24) is 0 Å². The average Bonchev–Trinajstić information content (AvgIpc) is 2.62. The van der Waals surface area contributed by atoms with Crippen LogP contribution in [-0.4, -0.2) is 12.0 Å². The van der Waals surface area contributed by atoms with E-state index >= 15 is 0 Å². The number of carbonyl (C=O) groups excluding carboxylic acids is 1. The Morgan fingerprint density at radius 1 is 1.45 bits per heavy atom. The SMILES string of the molecule is N=CC(=O)C1CC2C=CC1C2. The van der Waals surface area contributed by atoms with E-state index in [1.165, 1.54) is 0 Å². The van der Waals surface area contributed by atoms with E-state index in [1.54, 1.807) is 0 Å². The molecule has 0 aromatic carbocycles. The van der Waals surface area contributed by atoms with Crippen molar-refractivity contribution in [2.24, 2.45) is 17.8 Å². The van der Waals surface area contributed by atoms with Gasteiger partial charge < -0.3 is 5.41 Å². The quantitative estimate of drug-likeness (QED) is 0.468. The Kier molecular flexibility index (Phi) is 1.41. The van der Waals surface area contributed by atoms with Gasteiger partial charge in [-0.2, -0.15) is 0 Å². The first-order chi connectivity index (χ1) is 5.31. The third kappa shape index (κ3) is 0.934. The van der Waals surface area contributed by atoms with Crippen LogP contribution in [0.3, 0.4) is 0 Å². The van der Waals surface area contributed by atoms with Gasteiger partial charge >= 0.3 is 0 Å². The first kappa shape index (κ1) is 6.77. The van der Waals surface area contributed by atoms with E-state index in [-0.39, 0.29) is 11.7 Å². The van der Waals surface area contributed by atoms with Gasteiger partial charge in [0.15, 0.2) is 5.78 Å². The van der Waals surface area contributed by atoms with Gasteiger partial charge in [0.1, 0.15) is 0 Å². The van der Waals surface area contributed by atoms with Crippen LogP contribution in [0.25, 0.3) is 0 Å². The topological polar surface area (TPSA) is 40.9 Å². The van der Waals surface area contributed by atoms with Crippen molar-refractivity contribution >= 4 is 12.0 Å². The molecule has 2 rings (SSSR count). The Hall–Kier alpha value is -0.920. The Bertz CT molecular complexity index is 232. The van der Waals surface area contributed by atoms with Gasteiger partial charge in [-0.25, -0.2) is 0 Å². The number of nitrogens with one attached hydrogen (secondary N) is 1. The molecule has 0 aromatic heterocycles. The highest BCUT2D eigenvalue weighted by atomic mass is 16.1. The zero-order chi connectivity index (χ0) is 7.84. The van der Waals surface area contributed by atoms with Crippen LogP contribution in [0.1, 0.15) is 12.8 Å². The van der Waals surface area contributed by atoms with Crippen LogP contribution >= 0.6 is 0 Å². The van der Waals surface area contributed by atoms with Gasteiger partial charge in [0.2, 0.25) is 0 Å². The molecule has 2 nitrogen and oxygen atoms in total. The molecule has 0 aliphatic heterocycles. The van der Waals surface area contributed by atoms with E-state index in [0.29, 0.717) is 11.8 Å². The van der Waals surface area contributed by atoms with E-state index in [4.69, 9.17) is 5.41 Å². The van der Waals surface area contributed by atoms with Crippen molar-refractivity contribution < 1.29 is 4.79 Å². The lowest BCUT2D eigenvalue weighted by atomic mass is 9.90. The highest BCUT2D eigenvalue weighted by molar-refractivity contribution is 6.27. The number of hydrogen-bond acceptors (Lipinski definition) is 2. The van der Waals surface area contributed by atoms with Crippen molar-refractivity contribution in [3.8, 4) is 0 Å². The summed E-state index contributed by atoms with van der Waals surface area (Å²) in [6.07, 6.45) is 7.44. The smallest absolute Gasteiger partial charge is 0.176 e. The lowest BCUT2D eigenvalue weighted by Gasteiger charge is -2.13. The molecule has 2 aliphatic rings. The summed E-state index contributed by atoms with van der Waals surface area (Å²) in [6, 6.07) is 0. The minimum atomic E-state index is 0.0156. The molecule has 0 radical (unpaired) electrons. The van der Waals surface area contributed by atoms with Crippen LogP contribution in [0.2, 0.25) is 0 Å². The van der Waals surface area contributed by atoms with Crippen molar-refractivity contribution in [3.63, 3.8) is 0 Å². The minimum Gasteiger partial charge on any atom is -0.305 e. The number of rotatable bonds is 2. The largest absolute Gasteiger partial charge is 0.305 e. The number of hydrogen-bond donors (Lipinski definition) is 1. The van der Waals surface area contributed by atoms with Gasteiger partial charge in [0.05, 0.1) is 6.21 Å². The monoisotopic (exact) mass is 149 g/mol. The summed E-state index contributed by atoms with van der Waals surface area (Å²) < 4.78 is 0. The second kappa shape index (κ2) is 2.29. The highest BCUT2D eigenvalue weighted by Crippen LogP contribution is 2.43. The molecular weight excluding hydrogens is 138 g/mol. The van der Waals surface area contributed by atoms with E-state index in [2.05, 4.69) is 12.2 Å². The molecule has 0 saturated heterocycles. The molecule has 2 heteroatoms. The molecule has 0 aromatic rings. The molecule has 1 saturated carbocycles. The lowest BCUT2D eigenvalue weighted by Crippen LogP contribution is -2.19. The Morgan fingerprint density at radius 2 is 2.27 bits per heavy atom. The maximum atomic E-state index is 11.1. The minimum absolute atomic E-state index is 0.0156. The molecule has 2 aliphatic carbocycles. The van der Waals surface area contributed by atoms with Gasteiger partial charge in [-0.05, 0) is 24.7 Å². The summed E-state index contributed by atoms with van der Waals surface area (Å²) in [5.74, 6) is 1.24. The summed E-state index contributed by atoms with van der Waals surface area (Å²) in [5.41, 5.74) is 0. The second-order valence-corrected chi connectivity index (χ2v) is 3.43. The average molecular weight is 149 g/mol. The molecule has 0 heterocycles. The Morgan fingerprint density at radius 3 is 2.73 bits per heavy atom. The van der Waals surface area contributed by atoms with Gasteiger partial charge in [0, 0.05) is 5.92 Å². The van der Waals surface area contributed by atoms with Crippen LogP contribution < -0.4 is 0 Å². The zero-order valence-electron chi connectivity index (χ0n) is 6.29. The lowest BCUT2D eigenvalue weighted by molar-refractivity contribution is -0.116. The summed E-state index contributed by atoms with van der Waals surface area (Å²) in [6.45, 7) is 0. The molecule has 1 fully saturated rings.